The molecule has 4 heterocycles. The molecule has 0 N–H and O–H groups in total. The molecule has 2 aromatic heterocycles. The number of ether oxygens (including phenoxy) is 4. The van der Waals surface area contributed by atoms with Gasteiger partial charge in [0.25, 0.3) is 0 Å². The summed E-state index contributed by atoms with van der Waals surface area (Å²) in [6, 6.07) is 2.02. The molecule has 0 aliphatic carbocycles. The molecule has 0 spiro atoms. The molecule has 34 heavy (non-hydrogen) atoms. The number of piperidine rings is 1. The van der Waals surface area contributed by atoms with Crippen molar-refractivity contribution in [2.75, 3.05) is 40.0 Å². The predicted molar refractivity (Wildman–Crippen MR) is 127 cm³/mol. The first-order chi connectivity index (χ1) is 16.2. The number of aryl methyl sites for hydroxylation is 1. The van der Waals surface area contributed by atoms with Gasteiger partial charge in [0.2, 0.25) is 11.8 Å². The van der Waals surface area contributed by atoms with E-state index in [1.54, 1.807) is 18.2 Å². The lowest BCUT2D eigenvalue weighted by molar-refractivity contribution is 0.0137. The Labute approximate surface area is 201 Å². The second-order valence-corrected chi connectivity index (χ2v) is 10.0. The third-order valence-electron chi connectivity index (χ3n) is 6.11. The second-order valence-electron chi connectivity index (χ2n) is 10.0. The van der Waals surface area contributed by atoms with Crippen LogP contribution in [-0.2, 0) is 22.3 Å². The standard InChI is InChI=1S/C25H36N4O5/c1-17-13-19(14-26-22(17)31-5)29-21-9-12-32-11-8-20(21)23(27-29)33-16-18-7-6-10-28(15-18)24(30)34-25(2,3)4/h13-14,18H,6-12,15-16H2,1-5H3/t18-/m0/s1. The lowest BCUT2D eigenvalue weighted by atomic mass is 9.99. The van der Waals surface area contributed by atoms with Gasteiger partial charge in [-0.2, -0.15) is 0 Å². The van der Waals surface area contributed by atoms with Crippen LogP contribution in [0.1, 0.15) is 50.4 Å². The molecule has 9 nitrogen and oxygen atoms in total. The number of rotatable bonds is 5. The number of fused-ring (bicyclic) bond motifs is 1. The number of hydrogen-bond acceptors (Lipinski definition) is 7. The number of amides is 1. The van der Waals surface area contributed by atoms with Crippen molar-refractivity contribution in [3.63, 3.8) is 0 Å². The Morgan fingerprint density at radius 2 is 2.03 bits per heavy atom. The van der Waals surface area contributed by atoms with Crippen LogP contribution in [0.5, 0.6) is 11.8 Å². The van der Waals surface area contributed by atoms with Crippen LogP contribution in [0.3, 0.4) is 0 Å². The molecule has 0 aromatic carbocycles. The van der Waals surface area contributed by atoms with Gasteiger partial charge < -0.3 is 23.8 Å². The molecular weight excluding hydrogens is 436 g/mol. The van der Waals surface area contributed by atoms with Gasteiger partial charge in [-0.1, -0.05) is 0 Å². The highest BCUT2D eigenvalue weighted by Gasteiger charge is 2.29. The highest BCUT2D eigenvalue weighted by Crippen LogP contribution is 2.30. The predicted octanol–water partition coefficient (Wildman–Crippen LogP) is 3.73. The molecule has 2 aromatic rings. The summed E-state index contributed by atoms with van der Waals surface area (Å²) in [5.74, 6) is 1.48. The Kier molecular flexibility index (Phi) is 7.30. The SMILES string of the molecule is COc1ncc(-n2nc(OC[C@H]3CCCN(C(=O)OC(C)(C)C)C3)c3c2CCOCC3)cc1C. The first-order valence-corrected chi connectivity index (χ1v) is 12.1. The summed E-state index contributed by atoms with van der Waals surface area (Å²) in [5.41, 5.74) is 3.51. The fourth-order valence-corrected chi connectivity index (χ4v) is 4.51. The quantitative estimate of drug-likeness (QED) is 0.655. The number of pyridine rings is 1. The highest BCUT2D eigenvalue weighted by atomic mass is 16.6. The van der Waals surface area contributed by atoms with Gasteiger partial charge in [-0.3, -0.25) is 0 Å². The van der Waals surface area contributed by atoms with E-state index in [4.69, 9.17) is 24.0 Å². The third-order valence-corrected chi connectivity index (χ3v) is 6.11. The number of nitrogens with zero attached hydrogens (tertiary/aromatic N) is 4. The molecule has 4 rings (SSSR count). The average molecular weight is 473 g/mol. The van der Waals surface area contributed by atoms with Crippen LogP contribution in [0, 0.1) is 12.8 Å². The van der Waals surface area contributed by atoms with Crippen molar-refractivity contribution in [3.05, 3.63) is 29.1 Å². The van der Waals surface area contributed by atoms with Crippen molar-refractivity contribution in [2.45, 2.75) is 59.0 Å². The number of carbonyl (C=O) groups is 1. The van der Waals surface area contributed by atoms with Crippen LogP contribution in [0.4, 0.5) is 4.79 Å². The van der Waals surface area contributed by atoms with Crippen molar-refractivity contribution in [2.24, 2.45) is 5.92 Å². The molecule has 0 unspecified atom stereocenters. The van der Waals surface area contributed by atoms with E-state index in [-0.39, 0.29) is 12.0 Å². The number of hydrogen-bond donors (Lipinski definition) is 0. The normalized spacial score (nSPS) is 18.7. The minimum atomic E-state index is -0.498. The lowest BCUT2D eigenvalue weighted by Crippen LogP contribution is -2.44. The third kappa shape index (κ3) is 5.63. The number of carbonyl (C=O) groups excluding carboxylic acids is 1. The van der Waals surface area contributed by atoms with E-state index in [9.17, 15) is 4.79 Å². The average Bonchev–Trinajstić information content (AvgIpc) is 2.96. The summed E-state index contributed by atoms with van der Waals surface area (Å²) in [6.07, 6.45) is 4.97. The summed E-state index contributed by atoms with van der Waals surface area (Å²) < 4.78 is 24.8. The molecule has 186 valence electrons. The van der Waals surface area contributed by atoms with Crippen molar-refractivity contribution >= 4 is 6.09 Å². The van der Waals surface area contributed by atoms with Gasteiger partial charge in [0.1, 0.15) is 5.60 Å². The first-order valence-electron chi connectivity index (χ1n) is 12.1. The van der Waals surface area contributed by atoms with Crippen LogP contribution in [0.2, 0.25) is 0 Å². The molecule has 0 bridgehead atoms. The summed E-state index contributed by atoms with van der Waals surface area (Å²) in [7, 11) is 1.62. The lowest BCUT2D eigenvalue weighted by Gasteiger charge is -2.33. The van der Waals surface area contributed by atoms with E-state index in [1.165, 1.54) is 0 Å². The summed E-state index contributed by atoms with van der Waals surface area (Å²) >= 11 is 0. The molecule has 2 aliphatic heterocycles. The zero-order valence-corrected chi connectivity index (χ0v) is 20.9. The highest BCUT2D eigenvalue weighted by molar-refractivity contribution is 5.68. The molecule has 1 amide bonds. The molecule has 0 saturated carbocycles. The minimum absolute atomic E-state index is 0.231. The Balaban J connectivity index is 1.50. The fraction of sp³-hybridized carbons (Fsp3) is 0.640. The van der Waals surface area contributed by atoms with E-state index in [0.29, 0.717) is 38.1 Å². The van der Waals surface area contributed by atoms with Gasteiger partial charge in [0.05, 0.1) is 44.5 Å². The van der Waals surface area contributed by atoms with E-state index in [0.717, 1.165) is 54.7 Å². The molecule has 1 fully saturated rings. The van der Waals surface area contributed by atoms with Crippen LogP contribution < -0.4 is 9.47 Å². The van der Waals surface area contributed by atoms with Gasteiger partial charge in [-0.05, 0) is 46.6 Å². The molecule has 2 aliphatic rings. The largest absolute Gasteiger partial charge is 0.481 e. The van der Waals surface area contributed by atoms with E-state index >= 15 is 0 Å². The van der Waals surface area contributed by atoms with Gasteiger partial charge in [0, 0.05) is 43.0 Å². The van der Waals surface area contributed by atoms with Crippen molar-refractivity contribution < 1.29 is 23.7 Å². The summed E-state index contributed by atoms with van der Waals surface area (Å²) in [4.78, 5) is 18.7. The van der Waals surface area contributed by atoms with Crippen molar-refractivity contribution in [1.29, 1.82) is 0 Å². The van der Waals surface area contributed by atoms with Crippen molar-refractivity contribution in [3.8, 4) is 17.4 Å². The Morgan fingerprint density at radius 3 is 2.76 bits per heavy atom. The Bertz CT molecular complexity index is 1010. The van der Waals surface area contributed by atoms with Gasteiger partial charge in [-0.25, -0.2) is 14.5 Å². The van der Waals surface area contributed by atoms with Crippen LogP contribution in [0.15, 0.2) is 12.3 Å². The minimum Gasteiger partial charge on any atom is -0.481 e. The molecule has 0 radical (unpaired) electrons. The van der Waals surface area contributed by atoms with Crippen LogP contribution in [0.25, 0.3) is 5.69 Å². The van der Waals surface area contributed by atoms with Gasteiger partial charge in [-0.15, -0.1) is 5.10 Å². The Morgan fingerprint density at radius 1 is 1.24 bits per heavy atom. The smallest absolute Gasteiger partial charge is 0.410 e. The van der Waals surface area contributed by atoms with Gasteiger partial charge in [0.15, 0.2) is 0 Å². The van der Waals surface area contributed by atoms with E-state index in [1.807, 2.05) is 38.4 Å². The number of aromatic nitrogens is 3. The fourth-order valence-electron chi connectivity index (χ4n) is 4.51. The van der Waals surface area contributed by atoms with E-state index in [2.05, 4.69) is 4.98 Å². The van der Waals surface area contributed by atoms with E-state index < -0.39 is 5.60 Å². The monoisotopic (exact) mass is 472 g/mol. The van der Waals surface area contributed by atoms with Gasteiger partial charge >= 0.3 is 6.09 Å². The summed E-state index contributed by atoms with van der Waals surface area (Å²) in [5, 5.41) is 4.84. The maximum atomic E-state index is 12.5. The number of methoxy groups -OCH3 is 1. The van der Waals surface area contributed by atoms with Crippen LogP contribution in [-0.4, -0.2) is 71.4 Å². The Hall–Kier alpha value is -2.81. The number of likely N-dealkylation sites (tertiary alicyclic amines) is 1. The van der Waals surface area contributed by atoms with Crippen molar-refractivity contribution in [1.82, 2.24) is 19.7 Å². The molecular formula is C25H36N4O5. The maximum Gasteiger partial charge on any atom is 0.410 e. The molecule has 1 atom stereocenters. The summed E-state index contributed by atoms with van der Waals surface area (Å²) in [6.45, 7) is 10.8. The molecule has 9 heteroatoms. The zero-order valence-electron chi connectivity index (χ0n) is 20.9. The molecule has 1 saturated heterocycles. The zero-order chi connectivity index (χ0) is 24.3. The maximum absolute atomic E-state index is 12.5. The van der Waals surface area contributed by atoms with Crippen LogP contribution >= 0.6 is 0 Å². The topological polar surface area (TPSA) is 87.9 Å². The second kappa shape index (κ2) is 10.2. The first kappa shape index (κ1) is 24.3.